The molecular formula is C18H18N2O5. The fourth-order valence-corrected chi connectivity index (χ4v) is 2.16. The van der Waals surface area contributed by atoms with E-state index in [0.717, 1.165) is 0 Å². The average Bonchev–Trinajstić information content (AvgIpc) is 2.59. The van der Waals surface area contributed by atoms with Gasteiger partial charge in [-0.2, -0.15) is 0 Å². The second-order valence-electron chi connectivity index (χ2n) is 5.36. The van der Waals surface area contributed by atoms with Gasteiger partial charge in [-0.05, 0) is 43.7 Å². The topological polar surface area (TPSA) is 98.5 Å². The summed E-state index contributed by atoms with van der Waals surface area (Å²) in [7, 11) is 0. The van der Waals surface area contributed by atoms with Crippen LogP contribution >= 0.6 is 0 Å². The molecule has 0 fully saturated rings. The molecule has 0 aliphatic heterocycles. The number of Topliss-reactive ketones (excluding diaryl/α,β-unsaturated/α-hetero) is 1. The molecule has 2 aromatic rings. The number of rotatable bonds is 8. The summed E-state index contributed by atoms with van der Waals surface area (Å²) in [5.74, 6) is -0.0421. The van der Waals surface area contributed by atoms with E-state index in [1.165, 1.54) is 19.1 Å². The molecule has 0 saturated carbocycles. The Balaban J connectivity index is 1.77. The predicted octanol–water partition coefficient (Wildman–Crippen LogP) is 3.60. The van der Waals surface area contributed by atoms with Gasteiger partial charge in [-0.25, -0.2) is 0 Å². The first-order valence-electron chi connectivity index (χ1n) is 7.74. The quantitative estimate of drug-likeness (QED) is 0.342. The van der Waals surface area contributed by atoms with Crippen molar-refractivity contribution < 1.29 is 19.2 Å². The molecule has 0 aliphatic carbocycles. The van der Waals surface area contributed by atoms with Gasteiger partial charge in [0.05, 0.1) is 11.5 Å². The predicted molar refractivity (Wildman–Crippen MR) is 92.9 cm³/mol. The standard InChI is InChI=1S/C18H18N2O5/c1-13(21)14-8-10-15(11-9-14)19-18(22)7-4-12-25-17-6-3-2-5-16(17)20(23)24/h2-3,5-6,8-11H,4,7,12H2,1H3,(H,19,22). The largest absolute Gasteiger partial charge is 0.487 e. The van der Waals surface area contributed by atoms with Gasteiger partial charge < -0.3 is 10.1 Å². The van der Waals surface area contributed by atoms with Crippen molar-refractivity contribution in [2.75, 3.05) is 11.9 Å². The van der Waals surface area contributed by atoms with Crippen LogP contribution in [0, 0.1) is 10.1 Å². The van der Waals surface area contributed by atoms with E-state index >= 15 is 0 Å². The maximum absolute atomic E-state index is 11.9. The van der Waals surface area contributed by atoms with Gasteiger partial charge in [-0.15, -0.1) is 0 Å². The van der Waals surface area contributed by atoms with Crippen molar-refractivity contribution in [2.24, 2.45) is 0 Å². The van der Waals surface area contributed by atoms with Crippen LogP contribution in [-0.4, -0.2) is 23.2 Å². The van der Waals surface area contributed by atoms with Crippen LogP contribution in [0.2, 0.25) is 0 Å². The number of nitro groups is 1. The molecule has 0 heterocycles. The molecule has 0 spiro atoms. The van der Waals surface area contributed by atoms with Crippen LogP contribution in [0.5, 0.6) is 5.75 Å². The number of hydrogen-bond donors (Lipinski definition) is 1. The van der Waals surface area contributed by atoms with Crippen molar-refractivity contribution in [1.29, 1.82) is 0 Å². The van der Waals surface area contributed by atoms with Crippen LogP contribution in [0.25, 0.3) is 0 Å². The van der Waals surface area contributed by atoms with E-state index in [2.05, 4.69) is 5.32 Å². The number of anilines is 1. The lowest BCUT2D eigenvalue weighted by molar-refractivity contribution is -0.385. The lowest BCUT2D eigenvalue weighted by atomic mass is 10.1. The highest BCUT2D eigenvalue weighted by Gasteiger charge is 2.13. The zero-order valence-corrected chi connectivity index (χ0v) is 13.7. The first-order chi connectivity index (χ1) is 12.0. The van der Waals surface area contributed by atoms with E-state index in [9.17, 15) is 19.7 Å². The van der Waals surface area contributed by atoms with Gasteiger partial charge in [0.1, 0.15) is 0 Å². The first-order valence-corrected chi connectivity index (χ1v) is 7.74. The van der Waals surface area contributed by atoms with Gasteiger partial charge >= 0.3 is 5.69 Å². The second kappa shape index (κ2) is 8.58. The molecule has 0 atom stereocenters. The molecule has 0 saturated heterocycles. The number of para-hydroxylation sites is 2. The Morgan fingerprint density at radius 3 is 2.44 bits per heavy atom. The van der Waals surface area contributed by atoms with Gasteiger partial charge in [-0.3, -0.25) is 19.7 Å². The highest BCUT2D eigenvalue weighted by Crippen LogP contribution is 2.25. The van der Waals surface area contributed by atoms with Crippen molar-refractivity contribution in [1.82, 2.24) is 0 Å². The van der Waals surface area contributed by atoms with Crippen LogP contribution in [0.3, 0.4) is 0 Å². The molecule has 7 nitrogen and oxygen atoms in total. The summed E-state index contributed by atoms with van der Waals surface area (Å²) < 4.78 is 5.38. The monoisotopic (exact) mass is 342 g/mol. The fraction of sp³-hybridized carbons (Fsp3) is 0.222. The highest BCUT2D eigenvalue weighted by molar-refractivity contribution is 5.95. The Morgan fingerprint density at radius 2 is 1.80 bits per heavy atom. The Morgan fingerprint density at radius 1 is 1.12 bits per heavy atom. The summed E-state index contributed by atoms with van der Waals surface area (Å²) in [4.78, 5) is 33.4. The first kappa shape index (κ1) is 18.1. The number of carbonyl (C=O) groups is 2. The summed E-state index contributed by atoms with van der Waals surface area (Å²) in [6, 6.07) is 12.7. The van der Waals surface area contributed by atoms with Gasteiger partial charge in [-0.1, -0.05) is 12.1 Å². The summed E-state index contributed by atoms with van der Waals surface area (Å²) >= 11 is 0. The molecule has 0 aromatic heterocycles. The van der Waals surface area contributed by atoms with Crippen molar-refractivity contribution in [3.8, 4) is 5.75 Å². The zero-order valence-electron chi connectivity index (χ0n) is 13.7. The van der Waals surface area contributed by atoms with E-state index < -0.39 is 4.92 Å². The van der Waals surface area contributed by atoms with Crippen molar-refractivity contribution in [3.63, 3.8) is 0 Å². The number of ketones is 1. The number of amides is 1. The fourth-order valence-electron chi connectivity index (χ4n) is 2.16. The normalized spacial score (nSPS) is 10.1. The van der Waals surface area contributed by atoms with Crippen molar-refractivity contribution in [2.45, 2.75) is 19.8 Å². The molecule has 1 N–H and O–H groups in total. The molecule has 7 heteroatoms. The molecule has 0 radical (unpaired) electrons. The lowest BCUT2D eigenvalue weighted by Gasteiger charge is -2.08. The number of ether oxygens (including phenoxy) is 1. The molecule has 2 rings (SSSR count). The number of nitrogens with zero attached hydrogens (tertiary/aromatic N) is 1. The third-order valence-corrected chi connectivity index (χ3v) is 3.44. The second-order valence-corrected chi connectivity index (χ2v) is 5.36. The van der Waals surface area contributed by atoms with Crippen molar-refractivity contribution in [3.05, 3.63) is 64.2 Å². The molecule has 1 amide bonds. The van der Waals surface area contributed by atoms with Crippen LogP contribution in [0.1, 0.15) is 30.1 Å². The summed E-state index contributed by atoms with van der Waals surface area (Å²) in [6.45, 7) is 1.67. The Labute approximate surface area is 144 Å². The van der Waals surface area contributed by atoms with E-state index in [1.807, 2.05) is 0 Å². The molecule has 2 aromatic carbocycles. The van der Waals surface area contributed by atoms with Crippen LogP contribution in [-0.2, 0) is 4.79 Å². The minimum absolute atomic E-state index is 0.0370. The maximum atomic E-state index is 11.9. The number of hydrogen-bond acceptors (Lipinski definition) is 5. The van der Waals surface area contributed by atoms with E-state index in [1.54, 1.807) is 36.4 Å². The summed E-state index contributed by atoms with van der Waals surface area (Å²) in [5.41, 5.74) is 1.09. The average molecular weight is 342 g/mol. The van der Waals surface area contributed by atoms with E-state index in [4.69, 9.17) is 4.74 Å². The number of nitro benzene ring substituents is 1. The van der Waals surface area contributed by atoms with Gasteiger partial charge in [0, 0.05) is 23.7 Å². The van der Waals surface area contributed by atoms with Crippen molar-refractivity contribution >= 4 is 23.1 Å². The SMILES string of the molecule is CC(=O)c1ccc(NC(=O)CCCOc2ccccc2[N+](=O)[O-])cc1. The summed E-state index contributed by atoms with van der Waals surface area (Å²) in [6.07, 6.45) is 0.637. The number of carbonyl (C=O) groups excluding carboxylic acids is 2. The van der Waals surface area contributed by atoms with Gasteiger partial charge in [0.25, 0.3) is 0 Å². The van der Waals surface area contributed by atoms with Gasteiger partial charge in [0.15, 0.2) is 11.5 Å². The molecular weight excluding hydrogens is 324 g/mol. The highest BCUT2D eigenvalue weighted by atomic mass is 16.6. The third kappa shape index (κ3) is 5.42. The maximum Gasteiger partial charge on any atom is 0.310 e. The molecule has 130 valence electrons. The third-order valence-electron chi connectivity index (χ3n) is 3.44. The van der Waals surface area contributed by atoms with E-state index in [0.29, 0.717) is 17.7 Å². The minimum Gasteiger partial charge on any atom is -0.487 e. The Hall–Kier alpha value is -3.22. The molecule has 0 bridgehead atoms. The van der Waals surface area contributed by atoms with Crippen LogP contribution in [0.4, 0.5) is 11.4 Å². The zero-order chi connectivity index (χ0) is 18.2. The number of nitrogens with one attached hydrogen (secondary N) is 1. The van der Waals surface area contributed by atoms with Gasteiger partial charge in [0.2, 0.25) is 5.91 Å². The molecule has 0 aliphatic rings. The number of benzene rings is 2. The van der Waals surface area contributed by atoms with E-state index in [-0.39, 0.29) is 36.2 Å². The van der Waals surface area contributed by atoms with Crippen LogP contribution < -0.4 is 10.1 Å². The summed E-state index contributed by atoms with van der Waals surface area (Å²) in [5, 5.41) is 13.6. The lowest BCUT2D eigenvalue weighted by Crippen LogP contribution is -2.13. The Kier molecular flexibility index (Phi) is 6.22. The molecule has 0 unspecified atom stereocenters. The molecule has 25 heavy (non-hydrogen) atoms. The Bertz CT molecular complexity index is 771. The van der Waals surface area contributed by atoms with Crippen LogP contribution in [0.15, 0.2) is 48.5 Å². The minimum atomic E-state index is -0.507. The smallest absolute Gasteiger partial charge is 0.310 e.